The van der Waals surface area contributed by atoms with Gasteiger partial charge in [0.1, 0.15) is 0 Å². The molecule has 0 aliphatic heterocycles. The Morgan fingerprint density at radius 3 is 2.62 bits per heavy atom. The lowest BCUT2D eigenvalue weighted by Crippen LogP contribution is -1.91. The van der Waals surface area contributed by atoms with Crippen LogP contribution in [0.4, 0.5) is 0 Å². The Kier molecular flexibility index (Phi) is 5.19. The maximum atomic E-state index is 5.79. The molecular formula is C7H13Cl. The predicted molar refractivity (Wildman–Crippen MR) is 39.4 cm³/mol. The molecule has 1 atom stereocenters. The Morgan fingerprint density at radius 2 is 2.25 bits per heavy atom. The van der Waals surface area contributed by atoms with Crippen LogP contribution >= 0.6 is 11.6 Å². The molecule has 8 heavy (non-hydrogen) atoms. The summed E-state index contributed by atoms with van der Waals surface area (Å²) in [5.41, 5.74) is 0. The fourth-order valence-corrected chi connectivity index (χ4v) is 0.553. The molecule has 0 aromatic heterocycles. The fraction of sp³-hybridized carbons (Fsp3) is 0.714. The minimum Gasteiger partial charge on any atom is -0.123 e. The van der Waals surface area contributed by atoms with Crippen molar-refractivity contribution in [2.24, 2.45) is 0 Å². The lowest BCUT2D eigenvalue weighted by Gasteiger charge is -1.98. The van der Waals surface area contributed by atoms with Gasteiger partial charge in [-0.3, -0.25) is 0 Å². The van der Waals surface area contributed by atoms with Gasteiger partial charge in [0.15, 0.2) is 0 Å². The van der Waals surface area contributed by atoms with Crippen LogP contribution in [-0.2, 0) is 0 Å². The lowest BCUT2D eigenvalue weighted by molar-refractivity contribution is 0.824. The first kappa shape index (κ1) is 8.03. The van der Waals surface area contributed by atoms with Gasteiger partial charge in [-0.2, -0.15) is 0 Å². The second-order valence-electron chi connectivity index (χ2n) is 1.81. The highest BCUT2D eigenvalue weighted by molar-refractivity contribution is 6.20. The average molecular weight is 133 g/mol. The van der Waals surface area contributed by atoms with Gasteiger partial charge in [-0.15, -0.1) is 11.6 Å². The number of hydrogen-bond acceptors (Lipinski definition) is 0. The first-order valence-electron chi connectivity index (χ1n) is 3.06. The summed E-state index contributed by atoms with van der Waals surface area (Å²) in [6.45, 7) is 4.11. The van der Waals surface area contributed by atoms with Crippen LogP contribution in [0.1, 0.15) is 26.7 Å². The number of halogens is 1. The van der Waals surface area contributed by atoms with Crippen LogP contribution in [0.25, 0.3) is 0 Å². The molecule has 0 fully saturated rings. The SMILES string of the molecule is CC=CCC(Cl)CC. The molecule has 0 saturated carbocycles. The van der Waals surface area contributed by atoms with Gasteiger partial charge in [0.2, 0.25) is 0 Å². The molecule has 0 aliphatic rings. The van der Waals surface area contributed by atoms with Crippen molar-refractivity contribution in [2.45, 2.75) is 32.1 Å². The molecule has 0 heterocycles. The first-order valence-corrected chi connectivity index (χ1v) is 3.50. The van der Waals surface area contributed by atoms with E-state index in [2.05, 4.69) is 13.0 Å². The zero-order valence-corrected chi connectivity index (χ0v) is 6.28. The van der Waals surface area contributed by atoms with Crippen molar-refractivity contribution in [3.63, 3.8) is 0 Å². The van der Waals surface area contributed by atoms with E-state index in [1.807, 2.05) is 13.0 Å². The van der Waals surface area contributed by atoms with Crippen molar-refractivity contribution in [1.29, 1.82) is 0 Å². The zero-order valence-electron chi connectivity index (χ0n) is 5.52. The van der Waals surface area contributed by atoms with Crippen molar-refractivity contribution in [1.82, 2.24) is 0 Å². The Hall–Kier alpha value is 0.0300. The normalized spacial score (nSPS) is 14.9. The maximum absolute atomic E-state index is 5.79. The minimum atomic E-state index is 0.339. The third-order valence-electron chi connectivity index (χ3n) is 1.07. The molecule has 1 unspecified atom stereocenters. The molecule has 0 saturated heterocycles. The number of allylic oxidation sites excluding steroid dienone is 2. The molecule has 0 aromatic rings. The van der Waals surface area contributed by atoms with Gasteiger partial charge >= 0.3 is 0 Å². The van der Waals surface area contributed by atoms with Crippen LogP contribution < -0.4 is 0 Å². The van der Waals surface area contributed by atoms with E-state index in [0.29, 0.717) is 5.38 Å². The summed E-state index contributed by atoms with van der Waals surface area (Å²) in [4.78, 5) is 0. The van der Waals surface area contributed by atoms with E-state index in [0.717, 1.165) is 12.8 Å². The number of alkyl halides is 1. The van der Waals surface area contributed by atoms with Gasteiger partial charge in [0.05, 0.1) is 0 Å². The highest BCUT2D eigenvalue weighted by Crippen LogP contribution is 2.05. The summed E-state index contributed by atoms with van der Waals surface area (Å²) < 4.78 is 0. The van der Waals surface area contributed by atoms with Crippen LogP contribution in [-0.4, -0.2) is 5.38 Å². The molecule has 0 amide bonds. The maximum Gasteiger partial charge on any atom is 0.0367 e. The highest BCUT2D eigenvalue weighted by Gasteiger charge is 1.94. The van der Waals surface area contributed by atoms with E-state index in [1.54, 1.807) is 0 Å². The summed E-state index contributed by atoms with van der Waals surface area (Å²) >= 11 is 5.79. The molecule has 48 valence electrons. The van der Waals surface area contributed by atoms with E-state index >= 15 is 0 Å². The molecule has 0 aliphatic carbocycles. The molecule has 0 spiro atoms. The molecule has 0 bridgehead atoms. The highest BCUT2D eigenvalue weighted by atomic mass is 35.5. The van der Waals surface area contributed by atoms with Crippen LogP contribution in [0.3, 0.4) is 0 Å². The smallest absolute Gasteiger partial charge is 0.0367 e. The van der Waals surface area contributed by atoms with Gasteiger partial charge in [-0.1, -0.05) is 19.1 Å². The molecule has 0 radical (unpaired) electrons. The van der Waals surface area contributed by atoms with Gasteiger partial charge in [-0.05, 0) is 19.8 Å². The summed E-state index contributed by atoms with van der Waals surface area (Å²) in [7, 11) is 0. The van der Waals surface area contributed by atoms with Crippen molar-refractivity contribution < 1.29 is 0 Å². The molecule has 0 N–H and O–H groups in total. The van der Waals surface area contributed by atoms with Crippen molar-refractivity contribution >= 4 is 11.6 Å². The van der Waals surface area contributed by atoms with Gasteiger partial charge in [0, 0.05) is 5.38 Å². The fourth-order valence-electron chi connectivity index (χ4n) is 0.450. The third kappa shape index (κ3) is 4.20. The Labute approximate surface area is 56.5 Å². The minimum absolute atomic E-state index is 0.339. The molecular weight excluding hydrogens is 120 g/mol. The van der Waals surface area contributed by atoms with E-state index in [4.69, 9.17) is 11.6 Å². The van der Waals surface area contributed by atoms with Crippen molar-refractivity contribution in [3.05, 3.63) is 12.2 Å². The monoisotopic (exact) mass is 132 g/mol. The number of rotatable bonds is 3. The van der Waals surface area contributed by atoms with Crippen LogP contribution in [0.5, 0.6) is 0 Å². The predicted octanol–water partition coefficient (Wildman–Crippen LogP) is 2.97. The van der Waals surface area contributed by atoms with Crippen LogP contribution in [0.15, 0.2) is 12.2 Å². The van der Waals surface area contributed by atoms with Crippen LogP contribution in [0.2, 0.25) is 0 Å². The standard InChI is InChI=1S/C7H13Cl/c1-3-5-6-7(8)4-2/h3,5,7H,4,6H2,1-2H3. The van der Waals surface area contributed by atoms with E-state index in [1.165, 1.54) is 0 Å². The van der Waals surface area contributed by atoms with Crippen molar-refractivity contribution in [2.75, 3.05) is 0 Å². The Morgan fingerprint density at radius 1 is 1.62 bits per heavy atom. The molecule has 0 rings (SSSR count). The second kappa shape index (κ2) is 5.17. The Balaban J connectivity index is 3.10. The van der Waals surface area contributed by atoms with Crippen LogP contribution in [0, 0.1) is 0 Å². The van der Waals surface area contributed by atoms with Gasteiger partial charge in [0.25, 0.3) is 0 Å². The summed E-state index contributed by atoms with van der Waals surface area (Å²) in [6.07, 6.45) is 6.20. The number of hydrogen-bond donors (Lipinski definition) is 0. The zero-order chi connectivity index (χ0) is 6.41. The summed E-state index contributed by atoms with van der Waals surface area (Å²) in [5, 5.41) is 0.339. The van der Waals surface area contributed by atoms with E-state index in [9.17, 15) is 0 Å². The molecule has 0 nitrogen and oxygen atoms in total. The lowest BCUT2D eigenvalue weighted by atomic mass is 10.2. The third-order valence-corrected chi connectivity index (χ3v) is 1.56. The summed E-state index contributed by atoms with van der Waals surface area (Å²) in [5.74, 6) is 0. The van der Waals surface area contributed by atoms with E-state index < -0.39 is 0 Å². The Bertz CT molecular complexity index is 66.8. The second-order valence-corrected chi connectivity index (χ2v) is 2.43. The van der Waals surface area contributed by atoms with Gasteiger partial charge < -0.3 is 0 Å². The summed E-state index contributed by atoms with van der Waals surface area (Å²) in [6, 6.07) is 0. The quantitative estimate of drug-likeness (QED) is 0.409. The average Bonchev–Trinajstić information content (AvgIpc) is 1.83. The van der Waals surface area contributed by atoms with Gasteiger partial charge in [-0.25, -0.2) is 0 Å². The topological polar surface area (TPSA) is 0 Å². The molecule has 1 heteroatoms. The van der Waals surface area contributed by atoms with E-state index in [-0.39, 0.29) is 0 Å². The van der Waals surface area contributed by atoms with Crippen molar-refractivity contribution in [3.8, 4) is 0 Å². The largest absolute Gasteiger partial charge is 0.123 e. The molecule has 0 aromatic carbocycles. The first-order chi connectivity index (χ1) is 3.81.